The van der Waals surface area contributed by atoms with Crippen molar-refractivity contribution in [2.75, 3.05) is 13.1 Å². The van der Waals surface area contributed by atoms with Gasteiger partial charge in [-0.1, -0.05) is 6.42 Å². The lowest BCUT2D eigenvalue weighted by Crippen LogP contribution is -2.36. The second-order valence-electron chi connectivity index (χ2n) is 7.04. The summed E-state index contributed by atoms with van der Waals surface area (Å²) < 4.78 is 2.37. The van der Waals surface area contributed by atoms with Crippen LogP contribution in [0, 0.1) is 0 Å². The van der Waals surface area contributed by atoms with Gasteiger partial charge in [-0.2, -0.15) is 0 Å². The van der Waals surface area contributed by atoms with Crippen LogP contribution in [-0.4, -0.2) is 44.8 Å². The first-order valence-corrected chi connectivity index (χ1v) is 8.73. The van der Waals surface area contributed by atoms with Gasteiger partial charge in [0.05, 0.1) is 6.04 Å². The predicted octanol–water partition coefficient (Wildman–Crippen LogP) is 1.89. The summed E-state index contributed by atoms with van der Waals surface area (Å²) in [4.78, 5) is 2.66. The molecule has 21 heavy (non-hydrogen) atoms. The van der Waals surface area contributed by atoms with E-state index in [1.807, 2.05) is 0 Å². The third-order valence-corrected chi connectivity index (χ3v) is 5.29. The van der Waals surface area contributed by atoms with Crippen molar-refractivity contribution in [3.8, 4) is 0 Å². The molecule has 3 aliphatic rings. The van der Waals surface area contributed by atoms with Gasteiger partial charge >= 0.3 is 0 Å². The fourth-order valence-electron chi connectivity index (χ4n) is 3.95. The maximum atomic E-state index is 4.48. The molecule has 2 atom stereocenters. The van der Waals surface area contributed by atoms with Crippen LogP contribution in [0.15, 0.2) is 0 Å². The van der Waals surface area contributed by atoms with Crippen LogP contribution < -0.4 is 5.32 Å². The lowest BCUT2D eigenvalue weighted by molar-refractivity contribution is 0.312. The van der Waals surface area contributed by atoms with Crippen molar-refractivity contribution in [2.45, 2.75) is 76.5 Å². The first kappa shape index (κ1) is 13.7. The average Bonchev–Trinajstić information content (AvgIpc) is 3.18. The van der Waals surface area contributed by atoms with Crippen molar-refractivity contribution in [2.24, 2.45) is 0 Å². The van der Waals surface area contributed by atoms with Crippen LogP contribution in [0.2, 0.25) is 0 Å². The van der Waals surface area contributed by atoms with Crippen LogP contribution in [0.4, 0.5) is 0 Å². The van der Waals surface area contributed by atoms with Crippen LogP contribution >= 0.6 is 0 Å². The Labute approximate surface area is 127 Å². The van der Waals surface area contributed by atoms with E-state index in [9.17, 15) is 0 Å². The summed E-state index contributed by atoms with van der Waals surface area (Å²) in [6.45, 7) is 5.84. The highest BCUT2D eigenvalue weighted by molar-refractivity contribution is 5.03. The summed E-state index contributed by atoms with van der Waals surface area (Å²) >= 11 is 0. The number of nitrogens with one attached hydrogen (secondary N) is 1. The van der Waals surface area contributed by atoms with Crippen molar-refractivity contribution in [1.29, 1.82) is 0 Å². The Morgan fingerprint density at radius 2 is 2.00 bits per heavy atom. The summed E-state index contributed by atoms with van der Waals surface area (Å²) in [5.74, 6) is 2.35. The number of rotatable bonds is 4. The molecule has 1 aromatic rings. The van der Waals surface area contributed by atoms with Gasteiger partial charge in [0, 0.05) is 38.1 Å². The van der Waals surface area contributed by atoms with Crippen molar-refractivity contribution in [3.63, 3.8) is 0 Å². The minimum atomic E-state index is 0.313. The molecule has 0 bridgehead atoms. The van der Waals surface area contributed by atoms with Gasteiger partial charge < -0.3 is 9.88 Å². The molecule has 5 heteroatoms. The van der Waals surface area contributed by atoms with Crippen molar-refractivity contribution in [1.82, 2.24) is 25.0 Å². The van der Waals surface area contributed by atoms with Gasteiger partial charge in [-0.15, -0.1) is 10.2 Å². The second kappa shape index (κ2) is 5.69. The Kier molecular flexibility index (Phi) is 3.71. The zero-order valence-electron chi connectivity index (χ0n) is 13.1. The highest BCUT2D eigenvalue weighted by atomic mass is 15.3. The molecule has 2 unspecified atom stereocenters. The third kappa shape index (κ3) is 2.86. The molecule has 0 radical (unpaired) electrons. The highest BCUT2D eigenvalue weighted by Crippen LogP contribution is 2.30. The van der Waals surface area contributed by atoms with Crippen LogP contribution in [-0.2, 0) is 13.0 Å². The van der Waals surface area contributed by atoms with Crippen LogP contribution in [0.3, 0.4) is 0 Å². The maximum Gasteiger partial charge on any atom is 0.149 e. The van der Waals surface area contributed by atoms with E-state index in [0.29, 0.717) is 12.1 Å². The van der Waals surface area contributed by atoms with E-state index in [1.165, 1.54) is 57.4 Å². The van der Waals surface area contributed by atoms with Gasteiger partial charge in [0.2, 0.25) is 0 Å². The number of aryl methyl sites for hydroxylation is 1. The number of nitrogens with zero attached hydrogens (tertiary/aromatic N) is 4. The summed E-state index contributed by atoms with van der Waals surface area (Å²) in [6, 6.07) is 1.84. The Morgan fingerprint density at radius 1 is 1.10 bits per heavy atom. The minimum absolute atomic E-state index is 0.313. The smallest absolute Gasteiger partial charge is 0.149 e. The molecule has 0 amide bonds. The standard InChI is InChI=1S/C16H27N5/c1-12(17-13-8-10-20(11-13)14-6-7-14)16-19-18-15-5-3-2-4-9-21(15)16/h12-14,17H,2-11H2,1H3. The van der Waals surface area contributed by atoms with Gasteiger partial charge in [-0.3, -0.25) is 4.90 Å². The molecule has 1 aliphatic carbocycles. The number of hydrogen-bond donors (Lipinski definition) is 1. The van der Waals surface area contributed by atoms with E-state index in [2.05, 4.69) is 31.9 Å². The summed E-state index contributed by atoms with van der Waals surface area (Å²) in [5, 5.41) is 12.7. The van der Waals surface area contributed by atoms with Crippen LogP contribution in [0.25, 0.3) is 0 Å². The first-order chi connectivity index (χ1) is 10.3. The molecule has 1 N–H and O–H groups in total. The largest absolute Gasteiger partial charge is 0.314 e. The molecule has 2 aliphatic heterocycles. The van der Waals surface area contributed by atoms with Crippen molar-refractivity contribution < 1.29 is 0 Å². The molecule has 116 valence electrons. The zero-order valence-corrected chi connectivity index (χ0v) is 13.1. The minimum Gasteiger partial charge on any atom is -0.314 e. The molecule has 2 fully saturated rings. The maximum absolute atomic E-state index is 4.48. The predicted molar refractivity (Wildman–Crippen MR) is 82.1 cm³/mol. The fourth-order valence-corrected chi connectivity index (χ4v) is 3.95. The highest BCUT2D eigenvalue weighted by Gasteiger charge is 2.35. The van der Waals surface area contributed by atoms with Gasteiger partial charge in [0.25, 0.3) is 0 Å². The van der Waals surface area contributed by atoms with E-state index < -0.39 is 0 Å². The fraction of sp³-hybridized carbons (Fsp3) is 0.875. The van der Waals surface area contributed by atoms with Crippen LogP contribution in [0.1, 0.15) is 63.1 Å². The summed E-state index contributed by atoms with van der Waals surface area (Å²) in [6.07, 6.45) is 9.06. The molecule has 1 saturated heterocycles. The molecule has 0 spiro atoms. The van der Waals surface area contributed by atoms with Crippen molar-refractivity contribution in [3.05, 3.63) is 11.6 Å². The zero-order chi connectivity index (χ0) is 14.2. The van der Waals surface area contributed by atoms with Gasteiger partial charge in [-0.05, 0) is 39.0 Å². The third-order valence-electron chi connectivity index (χ3n) is 5.29. The van der Waals surface area contributed by atoms with E-state index in [-0.39, 0.29) is 0 Å². The SMILES string of the molecule is CC(NC1CCN(C2CC2)C1)c1nnc2n1CCCCC2. The number of hydrogen-bond acceptors (Lipinski definition) is 4. The molecule has 0 aromatic carbocycles. The molecule has 1 aromatic heterocycles. The van der Waals surface area contributed by atoms with E-state index in [0.717, 1.165) is 24.8 Å². The van der Waals surface area contributed by atoms with E-state index in [1.54, 1.807) is 0 Å². The Morgan fingerprint density at radius 3 is 2.86 bits per heavy atom. The summed E-state index contributed by atoms with van der Waals surface area (Å²) in [5.41, 5.74) is 0. The van der Waals surface area contributed by atoms with E-state index >= 15 is 0 Å². The molecular formula is C16H27N5. The molecule has 1 saturated carbocycles. The summed E-state index contributed by atoms with van der Waals surface area (Å²) in [7, 11) is 0. The van der Waals surface area contributed by atoms with Gasteiger partial charge in [-0.25, -0.2) is 0 Å². The monoisotopic (exact) mass is 289 g/mol. The number of fused-ring (bicyclic) bond motifs is 1. The lowest BCUT2D eigenvalue weighted by atomic mass is 10.2. The van der Waals surface area contributed by atoms with E-state index in [4.69, 9.17) is 0 Å². The quantitative estimate of drug-likeness (QED) is 0.919. The first-order valence-electron chi connectivity index (χ1n) is 8.73. The molecular weight excluding hydrogens is 262 g/mol. The molecule has 5 nitrogen and oxygen atoms in total. The normalized spacial score (nSPS) is 28.3. The Hall–Kier alpha value is -0.940. The van der Waals surface area contributed by atoms with Crippen molar-refractivity contribution >= 4 is 0 Å². The molecule has 3 heterocycles. The average molecular weight is 289 g/mol. The number of aromatic nitrogens is 3. The number of likely N-dealkylation sites (tertiary alicyclic amines) is 1. The Balaban J connectivity index is 1.40. The van der Waals surface area contributed by atoms with Gasteiger partial charge in [0.1, 0.15) is 11.6 Å². The van der Waals surface area contributed by atoms with Gasteiger partial charge in [0.15, 0.2) is 0 Å². The van der Waals surface area contributed by atoms with Crippen LogP contribution in [0.5, 0.6) is 0 Å². The topological polar surface area (TPSA) is 46.0 Å². The Bertz CT molecular complexity index is 493. The second-order valence-corrected chi connectivity index (χ2v) is 7.04. The lowest BCUT2D eigenvalue weighted by Gasteiger charge is -2.20. The molecule has 4 rings (SSSR count).